The van der Waals surface area contributed by atoms with E-state index in [0.717, 1.165) is 76.3 Å². The summed E-state index contributed by atoms with van der Waals surface area (Å²) in [7, 11) is 1.59. The zero-order chi connectivity index (χ0) is 36.7. The molecule has 12 heteroatoms. The molecule has 2 saturated heterocycles. The van der Waals surface area contributed by atoms with Gasteiger partial charge < -0.3 is 33.8 Å². The van der Waals surface area contributed by atoms with Crippen LogP contribution < -0.4 is 15.2 Å². The first kappa shape index (κ1) is 36.4. The molecular formula is C40H46N6O6. The Morgan fingerprint density at radius 3 is 2.71 bits per heavy atom. The maximum absolute atomic E-state index is 13.2. The summed E-state index contributed by atoms with van der Waals surface area (Å²) in [5.74, 6) is 2.33. The lowest BCUT2D eigenvalue weighted by Crippen LogP contribution is -2.51. The van der Waals surface area contributed by atoms with Gasteiger partial charge in [0, 0.05) is 85.5 Å². The Kier molecular flexibility index (Phi) is 11.4. The van der Waals surface area contributed by atoms with Crippen molar-refractivity contribution in [2.75, 3.05) is 51.4 Å². The van der Waals surface area contributed by atoms with Gasteiger partial charge in [0.1, 0.15) is 23.0 Å². The number of amides is 1. The summed E-state index contributed by atoms with van der Waals surface area (Å²) in [5, 5.41) is 8.10. The van der Waals surface area contributed by atoms with Crippen LogP contribution in [0, 0.1) is 18.4 Å². The van der Waals surface area contributed by atoms with Gasteiger partial charge in [-0.05, 0) is 61.9 Å². The first-order chi connectivity index (χ1) is 25.3. The summed E-state index contributed by atoms with van der Waals surface area (Å²) < 4.78 is 17.6. The van der Waals surface area contributed by atoms with Crippen molar-refractivity contribution in [3.63, 3.8) is 0 Å². The number of aromatic nitrogens is 4. The van der Waals surface area contributed by atoms with Gasteiger partial charge in [-0.1, -0.05) is 32.4 Å². The highest BCUT2D eigenvalue weighted by Crippen LogP contribution is 2.40. The molecule has 2 N–H and O–H groups in total. The molecule has 2 aliphatic heterocycles. The first-order valence-corrected chi connectivity index (χ1v) is 17.9. The van der Waals surface area contributed by atoms with E-state index in [1.807, 2.05) is 47.4 Å². The van der Waals surface area contributed by atoms with E-state index in [4.69, 9.17) is 29.0 Å². The number of aliphatic hydroxyl groups is 1. The number of furan rings is 1. The molecule has 2 atom stereocenters. The van der Waals surface area contributed by atoms with Crippen LogP contribution in [0.1, 0.15) is 57.3 Å². The number of aromatic amines is 1. The number of H-pyrrole nitrogens is 1. The van der Waals surface area contributed by atoms with Crippen LogP contribution in [0.5, 0.6) is 5.88 Å². The van der Waals surface area contributed by atoms with Crippen molar-refractivity contribution in [3.05, 3.63) is 76.6 Å². The number of terminal acetylenes is 1. The molecule has 1 amide bonds. The predicted octanol–water partition coefficient (Wildman–Crippen LogP) is 5.85. The number of piperidine rings is 1. The summed E-state index contributed by atoms with van der Waals surface area (Å²) in [5.41, 5.74) is 4.33. The Labute approximate surface area is 303 Å². The molecule has 0 saturated carbocycles. The highest BCUT2D eigenvalue weighted by atomic mass is 16.5. The molecule has 6 heterocycles. The first-order valence-electron chi connectivity index (χ1n) is 17.9. The number of para-hydroxylation sites is 1. The summed E-state index contributed by atoms with van der Waals surface area (Å²) in [6, 6.07) is 13.7. The van der Waals surface area contributed by atoms with Gasteiger partial charge in [-0.15, -0.1) is 0 Å². The minimum Gasteiger partial charge on any atom is -0.481 e. The third-order valence-electron chi connectivity index (χ3n) is 10.4. The lowest BCUT2D eigenvalue weighted by atomic mass is 9.68. The third-order valence-corrected chi connectivity index (χ3v) is 10.4. The Hall–Kier alpha value is -5.41. The van der Waals surface area contributed by atoms with Gasteiger partial charge in [0.25, 0.3) is 5.56 Å². The number of nitrogens with one attached hydrogen (secondary N) is 1. The van der Waals surface area contributed by atoms with E-state index in [9.17, 15) is 9.59 Å². The lowest BCUT2D eigenvalue weighted by molar-refractivity contribution is -0.134. The Balaban J connectivity index is 0.00000150. The van der Waals surface area contributed by atoms with E-state index < -0.39 is 0 Å². The number of nitrogens with zero attached hydrogens (tertiary/aromatic N) is 5. The predicted molar refractivity (Wildman–Crippen MR) is 200 cm³/mol. The van der Waals surface area contributed by atoms with Gasteiger partial charge in [-0.25, -0.2) is 15.0 Å². The van der Waals surface area contributed by atoms with E-state index in [-0.39, 0.29) is 22.8 Å². The van der Waals surface area contributed by atoms with Crippen LogP contribution in [0.4, 0.5) is 5.82 Å². The molecule has 1 aromatic carbocycles. The SMILES string of the molecule is C#CO.COc1ncccc1-c1c[nH]c(=O)c(C2(C)CCN(C(=O)CCCOCCc3nc(N4CCCC4)c4oc5ccccc5c4n3)CC2C)c1. The van der Waals surface area contributed by atoms with Crippen LogP contribution in [0.25, 0.3) is 33.2 Å². The molecule has 7 rings (SSSR count). The average Bonchev–Trinajstić information content (AvgIpc) is 3.83. The number of pyridine rings is 2. The molecule has 5 aromatic rings. The van der Waals surface area contributed by atoms with E-state index in [2.05, 4.69) is 35.1 Å². The van der Waals surface area contributed by atoms with Crippen LogP contribution in [0.2, 0.25) is 0 Å². The van der Waals surface area contributed by atoms with E-state index in [0.29, 0.717) is 57.9 Å². The fourth-order valence-corrected chi connectivity index (χ4v) is 7.33. The second-order valence-corrected chi connectivity index (χ2v) is 13.6. The van der Waals surface area contributed by atoms with Crippen molar-refractivity contribution < 1.29 is 23.8 Å². The largest absolute Gasteiger partial charge is 0.481 e. The molecule has 12 nitrogen and oxygen atoms in total. The van der Waals surface area contributed by atoms with Crippen LogP contribution in [-0.2, 0) is 21.4 Å². The summed E-state index contributed by atoms with van der Waals surface area (Å²) in [4.78, 5) is 47.6. The number of benzene rings is 1. The van der Waals surface area contributed by atoms with Crippen molar-refractivity contribution in [1.82, 2.24) is 24.8 Å². The molecule has 272 valence electrons. The zero-order valence-corrected chi connectivity index (χ0v) is 30.1. The maximum atomic E-state index is 13.2. The molecule has 2 fully saturated rings. The molecule has 0 spiro atoms. The van der Waals surface area contributed by atoms with Crippen LogP contribution >= 0.6 is 0 Å². The fourth-order valence-electron chi connectivity index (χ4n) is 7.33. The second-order valence-electron chi connectivity index (χ2n) is 13.6. The number of ether oxygens (including phenoxy) is 2. The van der Waals surface area contributed by atoms with Crippen molar-refractivity contribution in [2.24, 2.45) is 5.92 Å². The van der Waals surface area contributed by atoms with Crippen molar-refractivity contribution in [1.29, 1.82) is 0 Å². The normalized spacial score (nSPS) is 18.6. The molecule has 2 unspecified atom stereocenters. The number of hydrogen-bond acceptors (Lipinski definition) is 10. The van der Waals surface area contributed by atoms with Gasteiger partial charge in [0.2, 0.25) is 11.8 Å². The van der Waals surface area contributed by atoms with Crippen LogP contribution in [0.3, 0.4) is 0 Å². The standard InChI is InChI=1S/C38H44N6O5.C2H2O/c1-25-24-44(19-15-38(25,2)29-22-26(23-40-36(29)46)27-11-8-16-39-37(27)47-3)32(45)13-9-20-48-21-14-31-41-33-28-10-4-5-12-30(28)49-34(33)35(42-31)43-17-6-7-18-43;1-2-3/h4-5,8,10-12,16,22-23,25H,6-7,9,13-15,17-21,24H2,1-3H3,(H,40,46);1,3H. The molecule has 2 aliphatic rings. The number of aliphatic hydroxyl groups excluding tert-OH is 1. The number of hydrogen-bond donors (Lipinski definition) is 2. The molecule has 0 aliphatic carbocycles. The van der Waals surface area contributed by atoms with Crippen molar-refractivity contribution >= 4 is 33.8 Å². The highest BCUT2D eigenvalue weighted by molar-refractivity contribution is 6.05. The summed E-state index contributed by atoms with van der Waals surface area (Å²) in [6.45, 7) is 8.35. The van der Waals surface area contributed by atoms with Gasteiger partial charge in [0.05, 0.1) is 13.7 Å². The Bertz CT molecular complexity index is 2120. The monoisotopic (exact) mass is 706 g/mol. The quantitative estimate of drug-likeness (QED) is 0.127. The number of rotatable bonds is 11. The maximum Gasteiger partial charge on any atom is 0.251 e. The van der Waals surface area contributed by atoms with Crippen molar-refractivity contribution in [2.45, 2.75) is 57.8 Å². The van der Waals surface area contributed by atoms with Crippen molar-refractivity contribution in [3.8, 4) is 29.5 Å². The zero-order valence-electron chi connectivity index (χ0n) is 30.1. The molecule has 0 bridgehead atoms. The number of likely N-dealkylation sites (tertiary alicyclic amines) is 1. The topological polar surface area (TPSA) is 147 Å². The van der Waals surface area contributed by atoms with Crippen LogP contribution in [-0.4, -0.2) is 82.4 Å². The molecule has 4 aromatic heterocycles. The molecule has 52 heavy (non-hydrogen) atoms. The van der Waals surface area contributed by atoms with E-state index in [1.165, 1.54) is 6.11 Å². The van der Waals surface area contributed by atoms with Gasteiger partial charge in [0.15, 0.2) is 11.4 Å². The summed E-state index contributed by atoms with van der Waals surface area (Å²) >= 11 is 0. The molecule has 0 radical (unpaired) electrons. The number of anilines is 1. The lowest BCUT2D eigenvalue weighted by Gasteiger charge is -2.44. The number of carbonyl (C=O) groups is 1. The van der Waals surface area contributed by atoms with Gasteiger partial charge >= 0.3 is 0 Å². The Morgan fingerprint density at radius 1 is 1.15 bits per heavy atom. The number of methoxy groups -OCH3 is 1. The Morgan fingerprint density at radius 2 is 1.94 bits per heavy atom. The second kappa shape index (κ2) is 16.3. The number of fused-ring (bicyclic) bond motifs is 3. The van der Waals surface area contributed by atoms with E-state index in [1.54, 1.807) is 19.5 Å². The fraction of sp³-hybridized carbons (Fsp3) is 0.425. The minimum absolute atomic E-state index is 0.0868. The summed E-state index contributed by atoms with van der Waals surface area (Å²) in [6.07, 6.45) is 13.4. The number of carbonyl (C=O) groups excluding carboxylic acids is 1. The third kappa shape index (κ3) is 7.60. The minimum atomic E-state index is -0.387. The van der Waals surface area contributed by atoms with Gasteiger partial charge in [-0.2, -0.15) is 0 Å². The van der Waals surface area contributed by atoms with E-state index >= 15 is 0 Å². The van der Waals surface area contributed by atoms with Crippen LogP contribution in [0.15, 0.2) is 64.1 Å². The highest BCUT2D eigenvalue weighted by Gasteiger charge is 2.41. The van der Waals surface area contributed by atoms with Gasteiger partial charge in [-0.3, -0.25) is 9.59 Å². The smallest absolute Gasteiger partial charge is 0.251 e. The molecular weight excluding hydrogens is 660 g/mol. The average molecular weight is 707 g/mol.